The van der Waals surface area contributed by atoms with E-state index in [-0.39, 0.29) is 5.54 Å². The van der Waals surface area contributed by atoms with Gasteiger partial charge in [-0.15, -0.1) is 0 Å². The Morgan fingerprint density at radius 3 is 2.48 bits per heavy atom. The number of nitrogens with zero attached hydrogens (tertiary/aromatic N) is 1. The molecule has 1 aliphatic carbocycles. The molecular weight excluding hydrogens is 260 g/mol. The number of hydrogen-bond acceptors (Lipinski definition) is 3. The minimum Gasteiger partial charge on any atom is -0.497 e. The van der Waals surface area contributed by atoms with Crippen LogP contribution in [0.2, 0.25) is 0 Å². The molecule has 0 spiro atoms. The normalized spacial score (nSPS) is 27.6. The lowest BCUT2D eigenvalue weighted by atomic mass is 9.70. The van der Waals surface area contributed by atoms with Crippen LogP contribution in [0.1, 0.15) is 44.2 Å². The van der Waals surface area contributed by atoms with E-state index < -0.39 is 0 Å². The molecule has 0 bridgehead atoms. The van der Waals surface area contributed by atoms with Gasteiger partial charge in [-0.1, -0.05) is 19.1 Å². The number of rotatable bonds is 5. The highest BCUT2D eigenvalue weighted by Gasteiger charge is 2.43. The van der Waals surface area contributed by atoms with Crippen molar-refractivity contribution in [2.75, 3.05) is 28.3 Å². The predicted molar refractivity (Wildman–Crippen MR) is 88.8 cm³/mol. The molecule has 3 nitrogen and oxygen atoms in total. The van der Waals surface area contributed by atoms with Crippen LogP contribution in [0.25, 0.3) is 0 Å². The van der Waals surface area contributed by atoms with Crippen LogP contribution in [0.5, 0.6) is 5.75 Å². The summed E-state index contributed by atoms with van der Waals surface area (Å²) in [5.74, 6) is 1.78. The highest BCUT2D eigenvalue weighted by Crippen LogP contribution is 2.43. The lowest BCUT2D eigenvalue weighted by Crippen LogP contribution is -2.55. The summed E-state index contributed by atoms with van der Waals surface area (Å²) in [6, 6.07) is 8.82. The van der Waals surface area contributed by atoms with E-state index in [1.807, 2.05) is 6.07 Å². The van der Waals surface area contributed by atoms with Gasteiger partial charge in [0, 0.05) is 5.54 Å². The first-order valence-electron chi connectivity index (χ1n) is 8.02. The topological polar surface area (TPSA) is 24.5 Å². The van der Waals surface area contributed by atoms with Crippen LogP contribution >= 0.6 is 0 Å². The first kappa shape index (κ1) is 16.3. The summed E-state index contributed by atoms with van der Waals surface area (Å²) in [4.78, 5) is 2.43. The van der Waals surface area contributed by atoms with Crippen LogP contribution in [-0.4, -0.2) is 38.7 Å². The maximum absolute atomic E-state index is 5.41. The highest BCUT2D eigenvalue weighted by molar-refractivity contribution is 5.32. The van der Waals surface area contributed by atoms with E-state index in [1.165, 1.54) is 31.2 Å². The zero-order valence-electron chi connectivity index (χ0n) is 14.1. The zero-order chi connectivity index (χ0) is 15.5. The fourth-order valence-electron chi connectivity index (χ4n) is 3.82. The molecule has 1 atom stereocenters. The fraction of sp³-hybridized carbons (Fsp3) is 0.667. The summed E-state index contributed by atoms with van der Waals surface area (Å²) in [5, 5.41) is 3.58. The fourth-order valence-corrected chi connectivity index (χ4v) is 3.82. The van der Waals surface area contributed by atoms with Crippen molar-refractivity contribution in [1.82, 2.24) is 10.2 Å². The van der Waals surface area contributed by atoms with Gasteiger partial charge in [0.15, 0.2) is 0 Å². The average molecular weight is 290 g/mol. The maximum Gasteiger partial charge on any atom is 0.119 e. The van der Waals surface area contributed by atoms with Crippen molar-refractivity contribution in [2.24, 2.45) is 5.92 Å². The summed E-state index contributed by atoms with van der Waals surface area (Å²) in [5.41, 5.74) is 1.51. The van der Waals surface area contributed by atoms with Crippen molar-refractivity contribution in [1.29, 1.82) is 0 Å². The van der Waals surface area contributed by atoms with Crippen LogP contribution in [0.4, 0.5) is 0 Å². The second kappa shape index (κ2) is 6.80. The number of benzene rings is 1. The maximum atomic E-state index is 5.41. The van der Waals surface area contributed by atoms with Gasteiger partial charge in [-0.25, -0.2) is 0 Å². The van der Waals surface area contributed by atoms with Gasteiger partial charge < -0.3 is 15.0 Å². The van der Waals surface area contributed by atoms with Gasteiger partial charge in [-0.2, -0.15) is 0 Å². The van der Waals surface area contributed by atoms with E-state index >= 15 is 0 Å². The summed E-state index contributed by atoms with van der Waals surface area (Å²) in [6.07, 6.45) is 5.09. The van der Waals surface area contributed by atoms with Crippen LogP contribution in [0, 0.1) is 5.92 Å². The molecule has 1 saturated carbocycles. The van der Waals surface area contributed by atoms with Gasteiger partial charge in [0.05, 0.1) is 13.2 Å². The molecule has 0 radical (unpaired) electrons. The highest BCUT2D eigenvalue weighted by atomic mass is 16.5. The Balaban J connectivity index is 2.35. The van der Waals surface area contributed by atoms with Crippen molar-refractivity contribution in [3.8, 4) is 5.75 Å². The Morgan fingerprint density at radius 1 is 1.29 bits per heavy atom. The summed E-state index contributed by atoms with van der Waals surface area (Å²) in [7, 11) is 8.26. The number of hydrogen-bond donors (Lipinski definition) is 1. The Labute approximate surface area is 129 Å². The van der Waals surface area contributed by atoms with Crippen molar-refractivity contribution in [3.05, 3.63) is 29.8 Å². The molecule has 1 unspecified atom stereocenters. The standard InChI is InChI=1S/C18H30N2O/c1-14-9-11-18(12-10-14,20(3)4)17(19-2)15-7-6-8-16(13-15)21-5/h6-8,13-14,17,19H,9-12H2,1-5H3. The number of nitrogens with one attached hydrogen (secondary N) is 1. The zero-order valence-corrected chi connectivity index (χ0v) is 14.1. The molecule has 0 amide bonds. The smallest absolute Gasteiger partial charge is 0.119 e. The van der Waals surface area contributed by atoms with Gasteiger partial charge in [-0.05, 0) is 70.4 Å². The SMILES string of the molecule is CNC(c1cccc(OC)c1)C1(N(C)C)CCC(C)CC1. The monoisotopic (exact) mass is 290 g/mol. The van der Waals surface area contributed by atoms with Crippen LogP contribution < -0.4 is 10.1 Å². The molecule has 0 saturated heterocycles. The quantitative estimate of drug-likeness (QED) is 0.898. The minimum atomic E-state index is 0.188. The van der Waals surface area contributed by atoms with Crippen molar-refractivity contribution >= 4 is 0 Å². The molecule has 21 heavy (non-hydrogen) atoms. The first-order chi connectivity index (χ1) is 10.0. The average Bonchev–Trinajstić information content (AvgIpc) is 2.50. The van der Waals surface area contributed by atoms with E-state index in [2.05, 4.69) is 56.5 Å². The van der Waals surface area contributed by atoms with Crippen LogP contribution in [0.3, 0.4) is 0 Å². The molecule has 1 fully saturated rings. The van der Waals surface area contributed by atoms with Gasteiger partial charge in [0.25, 0.3) is 0 Å². The number of ether oxygens (including phenoxy) is 1. The van der Waals surface area contributed by atoms with Gasteiger partial charge in [-0.3, -0.25) is 0 Å². The molecule has 2 rings (SSSR count). The molecule has 3 heteroatoms. The second-order valence-electron chi connectivity index (χ2n) is 6.68. The third-order valence-corrected chi connectivity index (χ3v) is 5.28. The van der Waals surface area contributed by atoms with Crippen molar-refractivity contribution < 1.29 is 4.74 Å². The molecule has 1 aliphatic rings. The van der Waals surface area contributed by atoms with Crippen LogP contribution in [0.15, 0.2) is 24.3 Å². The lowest BCUT2D eigenvalue weighted by Gasteiger charge is -2.50. The third kappa shape index (κ3) is 3.24. The Bertz CT molecular complexity index is 450. The van der Waals surface area contributed by atoms with Crippen molar-refractivity contribution in [2.45, 2.75) is 44.2 Å². The minimum absolute atomic E-state index is 0.188. The van der Waals surface area contributed by atoms with Gasteiger partial charge in [0.2, 0.25) is 0 Å². The molecule has 0 aliphatic heterocycles. The summed E-state index contributed by atoms with van der Waals surface area (Å²) < 4.78 is 5.41. The summed E-state index contributed by atoms with van der Waals surface area (Å²) >= 11 is 0. The predicted octanol–water partition coefficient (Wildman–Crippen LogP) is 3.47. The molecular formula is C18H30N2O. The van der Waals surface area contributed by atoms with Crippen LogP contribution in [-0.2, 0) is 0 Å². The largest absolute Gasteiger partial charge is 0.497 e. The van der Waals surface area contributed by atoms with E-state index in [9.17, 15) is 0 Å². The van der Waals surface area contributed by atoms with E-state index in [0.29, 0.717) is 6.04 Å². The van der Waals surface area contributed by atoms with Crippen molar-refractivity contribution in [3.63, 3.8) is 0 Å². The Hall–Kier alpha value is -1.06. The Kier molecular flexibility index (Phi) is 5.28. The molecule has 1 aromatic rings. The Morgan fingerprint density at radius 2 is 1.95 bits per heavy atom. The lowest BCUT2D eigenvalue weighted by molar-refractivity contribution is 0.0455. The van der Waals surface area contributed by atoms with E-state index in [4.69, 9.17) is 4.74 Å². The van der Waals surface area contributed by atoms with Gasteiger partial charge >= 0.3 is 0 Å². The van der Waals surface area contributed by atoms with Gasteiger partial charge in [0.1, 0.15) is 5.75 Å². The van der Waals surface area contributed by atoms with E-state index in [1.54, 1.807) is 7.11 Å². The molecule has 1 aromatic carbocycles. The molecule has 0 aromatic heterocycles. The molecule has 118 valence electrons. The molecule has 0 heterocycles. The number of likely N-dealkylation sites (N-methyl/N-ethyl adjacent to an activating group) is 2. The van der Waals surface area contributed by atoms with E-state index in [0.717, 1.165) is 11.7 Å². The first-order valence-corrected chi connectivity index (χ1v) is 8.02. The second-order valence-corrected chi connectivity index (χ2v) is 6.68. The molecule has 1 N–H and O–H groups in total. The summed E-state index contributed by atoms with van der Waals surface area (Å²) in [6.45, 7) is 2.37. The third-order valence-electron chi connectivity index (χ3n) is 5.28. The number of methoxy groups -OCH3 is 1.